The Labute approximate surface area is 112 Å². The molecule has 0 radical (unpaired) electrons. The first-order chi connectivity index (χ1) is 7.75. The fourth-order valence-electron chi connectivity index (χ4n) is 2.52. The van der Waals surface area contributed by atoms with Crippen LogP contribution in [0.5, 0.6) is 0 Å². The van der Waals surface area contributed by atoms with E-state index >= 15 is 0 Å². The average molecular weight is 302 g/mol. The van der Waals surface area contributed by atoms with Crippen molar-refractivity contribution in [3.05, 3.63) is 34.9 Å². The van der Waals surface area contributed by atoms with Crippen LogP contribution in [-0.4, -0.2) is 0 Å². The van der Waals surface area contributed by atoms with Gasteiger partial charge in [0.15, 0.2) is 0 Å². The predicted octanol–water partition coefficient (Wildman–Crippen LogP) is 5.75. The summed E-state index contributed by atoms with van der Waals surface area (Å²) in [5.74, 6) is 0.911. The number of hydrogen-bond acceptors (Lipinski definition) is 0. The van der Waals surface area contributed by atoms with Gasteiger partial charge in [0.05, 0.1) is 0 Å². The van der Waals surface area contributed by atoms with Gasteiger partial charge in [-0.3, -0.25) is 0 Å². The van der Waals surface area contributed by atoms with E-state index in [2.05, 4.69) is 28.1 Å². The first-order valence-electron chi connectivity index (χ1n) is 6.15. The summed E-state index contributed by atoms with van der Waals surface area (Å²) >= 11 is 9.70. The average Bonchev–Trinajstić information content (AvgIpc) is 2.31. The van der Waals surface area contributed by atoms with E-state index in [9.17, 15) is 0 Å². The van der Waals surface area contributed by atoms with Crippen LogP contribution in [0, 0.1) is 5.92 Å². The molecule has 1 atom stereocenters. The van der Waals surface area contributed by atoms with Gasteiger partial charge >= 0.3 is 0 Å². The van der Waals surface area contributed by atoms with Crippen molar-refractivity contribution in [1.82, 2.24) is 0 Å². The summed E-state index contributed by atoms with van der Waals surface area (Å²) in [6.45, 7) is 0. The lowest BCUT2D eigenvalue weighted by molar-refractivity contribution is 0.338. The fraction of sp³-hybridized carbons (Fsp3) is 0.571. The predicted molar refractivity (Wildman–Crippen MR) is 74.3 cm³/mol. The van der Waals surface area contributed by atoms with Gasteiger partial charge in [-0.1, -0.05) is 71.8 Å². The van der Waals surface area contributed by atoms with E-state index < -0.39 is 0 Å². The zero-order valence-corrected chi connectivity index (χ0v) is 11.8. The molecule has 16 heavy (non-hydrogen) atoms. The van der Waals surface area contributed by atoms with Crippen molar-refractivity contribution in [2.24, 2.45) is 5.92 Å². The van der Waals surface area contributed by atoms with Crippen LogP contribution in [0.2, 0.25) is 5.02 Å². The van der Waals surface area contributed by atoms with Crippen molar-refractivity contribution >= 4 is 27.5 Å². The molecule has 0 nitrogen and oxygen atoms in total. The third kappa shape index (κ3) is 3.49. The number of hydrogen-bond donors (Lipinski definition) is 0. The maximum Gasteiger partial charge on any atom is 0.0406 e. The second-order valence-corrected chi connectivity index (χ2v) is 6.30. The first kappa shape index (κ1) is 12.4. The number of rotatable bonds is 3. The summed E-state index contributed by atoms with van der Waals surface area (Å²) in [7, 11) is 0. The van der Waals surface area contributed by atoms with Gasteiger partial charge in [-0.05, 0) is 30.0 Å². The summed E-state index contributed by atoms with van der Waals surface area (Å²) in [6, 6.07) is 8.22. The molecule has 1 aliphatic carbocycles. The van der Waals surface area contributed by atoms with Crippen LogP contribution in [0.15, 0.2) is 24.3 Å². The third-order valence-corrected chi connectivity index (χ3v) is 4.65. The van der Waals surface area contributed by atoms with E-state index in [0.717, 1.165) is 10.9 Å². The van der Waals surface area contributed by atoms with Crippen LogP contribution in [0.1, 0.15) is 48.9 Å². The van der Waals surface area contributed by atoms with Crippen molar-refractivity contribution in [3.8, 4) is 0 Å². The zero-order valence-electron chi connectivity index (χ0n) is 9.46. The lowest BCUT2D eigenvalue weighted by Crippen LogP contribution is -2.08. The van der Waals surface area contributed by atoms with Gasteiger partial charge in [0.2, 0.25) is 0 Å². The first-order valence-corrected chi connectivity index (χ1v) is 7.44. The maximum absolute atomic E-state index is 5.89. The quantitative estimate of drug-likeness (QED) is 0.624. The summed E-state index contributed by atoms with van der Waals surface area (Å²) in [4.78, 5) is 0.493. The summed E-state index contributed by atoms with van der Waals surface area (Å²) in [5, 5.41) is 0.820. The minimum Gasteiger partial charge on any atom is -0.0843 e. The molecule has 0 bridgehead atoms. The van der Waals surface area contributed by atoms with Crippen LogP contribution in [-0.2, 0) is 0 Å². The molecule has 1 unspecified atom stereocenters. The molecule has 0 N–H and O–H groups in total. The Morgan fingerprint density at radius 3 is 2.38 bits per heavy atom. The SMILES string of the molecule is Clc1ccc(C(Br)CC2CCCCC2)cc1. The van der Waals surface area contributed by atoms with Crippen LogP contribution >= 0.6 is 27.5 Å². The van der Waals surface area contributed by atoms with Gasteiger partial charge in [-0.15, -0.1) is 0 Å². The van der Waals surface area contributed by atoms with Gasteiger partial charge in [0, 0.05) is 9.85 Å². The molecule has 2 rings (SSSR count). The van der Waals surface area contributed by atoms with E-state index in [-0.39, 0.29) is 0 Å². The Balaban J connectivity index is 1.91. The molecule has 2 heteroatoms. The lowest BCUT2D eigenvalue weighted by Gasteiger charge is -2.24. The summed E-state index contributed by atoms with van der Waals surface area (Å²) in [5.41, 5.74) is 1.36. The molecule has 1 aromatic rings. The summed E-state index contributed by atoms with van der Waals surface area (Å²) < 4.78 is 0. The number of alkyl halides is 1. The minimum atomic E-state index is 0.493. The van der Waals surface area contributed by atoms with Crippen LogP contribution in [0.3, 0.4) is 0 Å². The molecule has 0 aliphatic heterocycles. The van der Waals surface area contributed by atoms with Crippen molar-refractivity contribution < 1.29 is 0 Å². The molecule has 0 spiro atoms. The molecular formula is C14H18BrCl. The van der Waals surface area contributed by atoms with E-state index in [0.29, 0.717) is 4.83 Å². The molecule has 1 aliphatic rings. The van der Waals surface area contributed by atoms with Crippen molar-refractivity contribution in [2.75, 3.05) is 0 Å². The lowest BCUT2D eigenvalue weighted by atomic mass is 9.85. The van der Waals surface area contributed by atoms with Crippen molar-refractivity contribution in [3.63, 3.8) is 0 Å². The van der Waals surface area contributed by atoms with Gasteiger partial charge in [-0.25, -0.2) is 0 Å². The van der Waals surface area contributed by atoms with E-state index in [1.165, 1.54) is 44.1 Å². The standard InChI is InChI=1S/C14H18BrCl/c15-14(10-11-4-2-1-3-5-11)12-6-8-13(16)9-7-12/h6-9,11,14H,1-5,10H2. The highest BCUT2D eigenvalue weighted by Gasteiger charge is 2.18. The van der Waals surface area contributed by atoms with Crippen LogP contribution in [0.25, 0.3) is 0 Å². The largest absolute Gasteiger partial charge is 0.0843 e. The van der Waals surface area contributed by atoms with Crippen LogP contribution < -0.4 is 0 Å². The van der Waals surface area contributed by atoms with E-state index in [4.69, 9.17) is 11.6 Å². The van der Waals surface area contributed by atoms with Gasteiger partial charge in [0.1, 0.15) is 0 Å². The molecule has 1 saturated carbocycles. The van der Waals surface area contributed by atoms with Crippen LogP contribution in [0.4, 0.5) is 0 Å². The highest BCUT2D eigenvalue weighted by Crippen LogP contribution is 2.36. The fourth-order valence-corrected chi connectivity index (χ4v) is 3.48. The Morgan fingerprint density at radius 2 is 1.75 bits per heavy atom. The third-order valence-electron chi connectivity index (χ3n) is 3.50. The van der Waals surface area contributed by atoms with Crippen molar-refractivity contribution in [1.29, 1.82) is 0 Å². The molecular weight excluding hydrogens is 284 g/mol. The smallest absolute Gasteiger partial charge is 0.0406 e. The number of halogens is 2. The second-order valence-electron chi connectivity index (χ2n) is 4.76. The molecule has 0 amide bonds. The topological polar surface area (TPSA) is 0 Å². The molecule has 0 saturated heterocycles. The molecule has 88 valence electrons. The molecule has 0 aromatic heterocycles. The Hall–Kier alpha value is -0.0100. The Bertz CT molecular complexity index is 314. The molecule has 0 heterocycles. The molecule has 1 aromatic carbocycles. The van der Waals surface area contributed by atoms with E-state index in [1.807, 2.05) is 12.1 Å². The number of benzene rings is 1. The van der Waals surface area contributed by atoms with Crippen molar-refractivity contribution in [2.45, 2.75) is 43.4 Å². The zero-order chi connectivity index (χ0) is 11.4. The Kier molecular flexibility index (Phi) is 4.72. The minimum absolute atomic E-state index is 0.493. The highest BCUT2D eigenvalue weighted by molar-refractivity contribution is 9.09. The molecule has 1 fully saturated rings. The highest BCUT2D eigenvalue weighted by atomic mass is 79.9. The monoisotopic (exact) mass is 300 g/mol. The van der Waals surface area contributed by atoms with Gasteiger partial charge in [0.25, 0.3) is 0 Å². The van der Waals surface area contributed by atoms with Gasteiger partial charge < -0.3 is 0 Å². The normalized spacial score (nSPS) is 19.6. The maximum atomic E-state index is 5.89. The van der Waals surface area contributed by atoms with E-state index in [1.54, 1.807) is 0 Å². The van der Waals surface area contributed by atoms with Gasteiger partial charge in [-0.2, -0.15) is 0 Å². The second kappa shape index (κ2) is 6.07. The Morgan fingerprint density at radius 1 is 1.12 bits per heavy atom. The summed E-state index contributed by atoms with van der Waals surface area (Å²) in [6.07, 6.45) is 8.37.